The number of quaternary nitrogens is 1. The normalized spacial score (nSPS) is 21.4. The van der Waals surface area contributed by atoms with Crippen molar-refractivity contribution in [2.45, 2.75) is 50.7 Å². The predicted octanol–water partition coefficient (Wildman–Crippen LogP) is 5.38. The molecule has 2 aromatic carbocycles. The Kier molecular flexibility index (Phi) is 4.28. The second kappa shape index (κ2) is 6.78. The number of fused-ring (bicyclic) bond motifs is 3. The first-order chi connectivity index (χ1) is 14.1. The van der Waals surface area contributed by atoms with Gasteiger partial charge in [-0.1, -0.05) is 34.8 Å². The highest BCUT2D eigenvalue weighted by Gasteiger charge is 2.41. The fourth-order valence-electron chi connectivity index (χ4n) is 4.76. The van der Waals surface area contributed by atoms with E-state index >= 15 is 0 Å². The maximum absolute atomic E-state index is 6.64. The van der Waals surface area contributed by atoms with Crippen molar-refractivity contribution in [3.63, 3.8) is 0 Å². The Hall–Kier alpha value is -1.46. The Morgan fingerprint density at radius 3 is 2.41 bits per heavy atom. The average Bonchev–Trinajstić information content (AvgIpc) is 3.63. The molecule has 1 unspecified atom stereocenters. The number of anilines is 1. The lowest BCUT2D eigenvalue weighted by Crippen LogP contribution is -3.04. The summed E-state index contributed by atoms with van der Waals surface area (Å²) in [5, 5.41) is 2.05. The van der Waals surface area contributed by atoms with Gasteiger partial charge in [0.25, 0.3) is 0 Å². The van der Waals surface area contributed by atoms with Crippen LogP contribution in [0.1, 0.15) is 32.1 Å². The topological polar surface area (TPSA) is 25.5 Å². The van der Waals surface area contributed by atoms with Gasteiger partial charge >= 0.3 is 5.95 Å². The Morgan fingerprint density at radius 1 is 0.966 bits per heavy atom. The Labute approximate surface area is 185 Å². The van der Waals surface area contributed by atoms with Crippen LogP contribution < -0.4 is 9.80 Å². The number of halogens is 3. The smallest absolute Gasteiger partial charge is 0.313 e. The zero-order valence-electron chi connectivity index (χ0n) is 16.0. The minimum atomic E-state index is 0.651. The maximum atomic E-state index is 6.64. The molecule has 3 aliphatic rings. The third kappa shape index (κ3) is 3.04. The summed E-state index contributed by atoms with van der Waals surface area (Å²) in [6.07, 6.45) is 6.23. The summed E-state index contributed by atoms with van der Waals surface area (Å²) < 4.78 is 2.37. The van der Waals surface area contributed by atoms with E-state index in [4.69, 9.17) is 39.8 Å². The van der Waals surface area contributed by atoms with Crippen molar-refractivity contribution in [3.8, 4) is 0 Å². The molecular formula is C22H22Cl3N4+. The van der Waals surface area contributed by atoms with Crippen LogP contribution in [0.3, 0.4) is 0 Å². The summed E-state index contributed by atoms with van der Waals surface area (Å²) >= 11 is 19.3. The summed E-state index contributed by atoms with van der Waals surface area (Å²) in [5.41, 5.74) is 4.42. The first-order valence-corrected chi connectivity index (χ1v) is 11.5. The van der Waals surface area contributed by atoms with Crippen molar-refractivity contribution in [3.05, 3.63) is 45.4 Å². The zero-order valence-corrected chi connectivity index (χ0v) is 18.2. The molecule has 6 rings (SSSR count). The molecular weight excluding hydrogens is 427 g/mol. The van der Waals surface area contributed by atoms with Crippen LogP contribution in [-0.2, 0) is 6.54 Å². The molecule has 4 nitrogen and oxygen atoms in total. The first kappa shape index (κ1) is 18.3. The largest absolute Gasteiger partial charge is 0.364 e. The lowest BCUT2D eigenvalue weighted by molar-refractivity contribution is -0.771. The summed E-state index contributed by atoms with van der Waals surface area (Å²) in [6.45, 7) is 1.91. The van der Waals surface area contributed by atoms with E-state index in [0.29, 0.717) is 22.1 Å². The highest BCUT2D eigenvalue weighted by atomic mass is 35.5. The molecule has 29 heavy (non-hydrogen) atoms. The van der Waals surface area contributed by atoms with E-state index in [0.717, 1.165) is 41.7 Å². The van der Waals surface area contributed by atoms with E-state index in [1.165, 1.54) is 41.8 Å². The van der Waals surface area contributed by atoms with Gasteiger partial charge in [-0.15, -0.1) is 0 Å². The van der Waals surface area contributed by atoms with E-state index in [-0.39, 0.29) is 0 Å². The molecule has 3 aromatic rings. The van der Waals surface area contributed by atoms with Crippen LogP contribution in [0.4, 0.5) is 17.3 Å². The van der Waals surface area contributed by atoms with E-state index in [9.17, 15) is 0 Å². The maximum Gasteiger partial charge on any atom is 0.313 e. The SMILES string of the molecule is Clc1ccc([NH+]2CCCn3c2nc2c(Cl)ccc(N(C4CC4)C4CC4)c23)c(Cl)c1. The molecule has 0 bridgehead atoms. The number of hydrogen-bond acceptors (Lipinski definition) is 2. The molecule has 2 aliphatic carbocycles. The molecule has 2 heterocycles. The molecule has 0 amide bonds. The highest BCUT2D eigenvalue weighted by molar-refractivity contribution is 6.36. The fraction of sp³-hybridized carbons (Fsp3) is 0.409. The summed E-state index contributed by atoms with van der Waals surface area (Å²) in [4.78, 5) is 8.88. The van der Waals surface area contributed by atoms with Crippen LogP contribution in [0.5, 0.6) is 0 Å². The number of aromatic nitrogens is 2. The van der Waals surface area contributed by atoms with Gasteiger partial charge in [-0.3, -0.25) is 4.57 Å². The fourth-order valence-corrected chi connectivity index (χ4v) is 5.47. The molecule has 1 aromatic heterocycles. The number of rotatable bonds is 4. The molecule has 1 N–H and O–H groups in total. The van der Waals surface area contributed by atoms with Crippen LogP contribution in [0, 0.1) is 0 Å². The van der Waals surface area contributed by atoms with Crippen LogP contribution in [-0.4, -0.2) is 28.2 Å². The first-order valence-electron chi connectivity index (χ1n) is 10.4. The van der Waals surface area contributed by atoms with E-state index < -0.39 is 0 Å². The summed E-state index contributed by atoms with van der Waals surface area (Å²) in [7, 11) is 0. The summed E-state index contributed by atoms with van der Waals surface area (Å²) in [5.74, 6) is 0.997. The second-order valence-electron chi connectivity index (χ2n) is 8.43. The van der Waals surface area contributed by atoms with Gasteiger partial charge in [0, 0.05) is 36.1 Å². The monoisotopic (exact) mass is 447 g/mol. The van der Waals surface area contributed by atoms with E-state index in [1.54, 1.807) is 0 Å². The third-order valence-electron chi connectivity index (χ3n) is 6.32. The van der Waals surface area contributed by atoms with Crippen molar-refractivity contribution in [2.24, 2.45) is 0 Å². The molecule has 1 aliphatic heterocycles. The number of hydrogen-bond donors (Lipinski definition) is 1. The van der Waals surface area contributed by atoms with Crippen molar-refractivity contribution in [1.82, 2.24) is 9.55 Å². The van der Waals surface area contributed by atoms with Gasteiger partial charge in [-0.05, 0) is 49.9 Å². The number of nitrogens with one attached hydrogen (secondary N) is 1. The van der Waals surface area contributed by atoms with Gasteiger partial charge in [0.05, 0.1) is 22.8 Å². The zero-order chi connectivity index (χ0) is 19.7. The molecule has 2 saturated carbocycles. The predicted molar refractivity (Wildman–Crippen MR) is 119 cm³/mol. The van der Waals surface area contributed by atoms with Crippen LogP contribution in [0.15, 0.2) is 30.3 Å². The lowest BCUT2D eigenvalue weighted by Gasteiger charge is -2.28. The standard InChI is InChI=1S/C22H21Cl3N4/c23-13-2-8-18(17(25)12-13)27-10-1-11-28-21-19(29(14-3-4-14)15-5-6-15)9-7-16(24)20(21)26-22(27)28/h2,7-9,12,14-15H,1,3-6,10-11H2/p+1. The Morgan fingerprint density at radius 2 is 1.72 bits per heavy atom. The van der Waals surface area contributed by atoms with Crippen molar-refractivity contribution >= 4 is 63.2 Å². The minimum absolute atomic E-state index is 0.651. The van der Waals surface area contributed by atoms with Gasteiger partial charge in [0.1, 0.15) is 10.5 Å². The van der Waals surface area contributed by atoms with Gasteiger partial charge < -0.3 is 4.90 Å². The number of benzene rings is 2. The lowest BCUT2D eigenvalue weighted by atomic mass is 10.2. The quantitative estimate of drug-likeness (QED) is 0.580. The van der Waals surface area contributed by atoms with Crippen molar-refractivity contribution < 1.29 is 4.90 Å². The molecule has 0 spiro atoms. The highest BCUT2D eigenvalue weighted by Crippen LogP contribution is 2.45. The minimum Gasteiger partial charge on any atom is -0.364 e. The van der Waals surface area contributed by atoms with Gasteiger partial charge in [-0.25, -0.2) is 4.90 Å². The molecule has 0 radical (unpaired) electrons. The van der Waals surface area contributed by atoms with E-state index in [1.807, 2.05) is 24.3 Å². The third-order valence-corrected chi connectivity index (χ3v) is 7.17. The van der Waals surface area contributed by atoms with Crippen LogP contribution >= 0.6 is 34.8 Å². The number of nitrogens with zero attached hydrogens (tertiary/aromatic N) is 3. The molecule has 7 heteroatoms. The average molecular weight is 449 g/mol. The van der Waals surface area contributed by atoms with Gasteiger partial charge in [0.15, 0.2) is 5.69 Å². The number of aryl methyl sites for hydroxylation is 1. The van der Waals surface area contributed by atoms with Crippen molar-refractivity contribution in [1.29, 1.82) is 0 Å². The van der Waals surface area contributed by atoms with E-state index in [2.05, 4.69) is 15.5 Å². The number of imidazole rings is 1. The second-order valence-corrected chi connectivity index (χ2v) is 9.68. The molecule has 1 atom stereocenters. The van der Waals surface area contributed by atoms with Crippen LogP contribution in [0.2, 0.25) is 15.1 Å². The molecule has 2 fully saturated rings. The Balaban J connectivity index is 1.54. The summed E-state index contributed by atoms with van der Waals surface area (Å²) in [6, 6.07) is 11.3. The molecule has 0 saturated heterocycles. The van der Waals surface area contributed by atoms with Gasteiger partial charge in [-0.2, -0.15) is 4.98 Å². The van der Waals surface area contributed by atoms with Crippen molar-refractivity contribution in [2.75, 3.05) is 11.4 Å². The Bertz CT molecular complexity index is 1100. The molecule has 150 valence electrons. The van der Waals surface area contributed by atoms with Gasteiger partial charge in [0.2, 0.25) is 0 Å². The van der Waals surface area contributed by atoms with Crippen LogP contribution in [0.25, 0.3) is 11.0 Å².